The van der Waals surface area contributed by atoms with Gasteiger partial charge in [-0.1, -0.05) is 48.0 Å². The maximum Gasteiger partial charge on any atom is 0.318 e. The number of halogens is 1. The van der Waals surface area contributed by atoms with E-state index in [0.717, 1.165) is 11.1 Å². The lowest BCUT2D eigenvalue weighted by molar-refractivity contribution is -0.121. The van der Waals surface area contributed by atoms with Crippen molar-refractivity contribution in [3.63, 3.8) is 0 Å². The predicted molar refractivity (Wildman–Crippen MR) is 80.1 cm³/mol. The minimum atomic E-state index is -0.922. The van der Waals surface area contributed by atoms with Gasteiger partial charge < -0.3 is 10.5 Å². The fourth-order valence-electron chi connectivity index (χ4n) is 1.74. The number of primary amides is 1. The molecule has 0 aliphatic heterocycles. The van der Waals surface area contributed by atoms with Crippen molar-refractivity contribution in [3.8, 4) is 16.9 Å². The Morgan fingerprint density at radius 3 is 2.43 bits per heavy atom. The van der Waals surface area contributed by atoms with Crippen LogP contribution in [0.2, 0.25) is 5.02 Å². The molecule has 0 fully saturated rings. The second-order valence-corrected chi connectivity index (χ2v) is 4.62. The first-order chi connectivity index (χ1) is 10.1. The minimum absolute atomic E-state index is 0.340. The highest BCUT2D eigenvalue weighted by molar-refractivity contribution is 6.32. The van der Waals surface area contributed by atoms with Crippen LogP contribution in [0, 0.1) is 0 Å². The average molecular weight is 305 g/mol. The first-order valence-corrected chi connectivity index (χ1v) is 6.51. The van der Waals surface area contributed by atoms with Crippen molar-refractivity contribution in [2.24, 2.45) is 5.73 Å². The second kappa shape index (κ2) is 6.76. The highest BCUT2D eigenvalue weighted by Gasteiger charge is 2.08. The summed E-state index contributed by atoms with van der Waals surface area (Å²) in [5.74, 6) is -0.276. The van der Waals surface area contributed by atoms with Crippen molar-refractivity contribution in [2.75, 3.05) is 6.61 Å². The molecule has 2 rings (SSSR count). The van der Waals surface area contributed by atoms with Crippen molar-refractivity contribution in [1.82, 2.24) is 5.32 Å². The van der Waals surface area contributed by atoms with Crippen molar-refractivity contribution in [1.29, 1.82) is 0 Å². The number of amides is 3. The predicted octanol–water partition coefficient (Wildman–Crippen LogP) is 2.58. The van der Waals surface area contributed by atoms with Crippen LogP contribution in [0.25, 0.3) is 11.1 Å². The number of carbonyl (C=O) groups excluding carboxylic acids is 2. The fourth-order valence-corrected chi connectivity index (χ4v) is 1.98. The van der Waals surface area contributed by atoms with Gasteiger partial charge in [0, 0.05) is 0 Å². The van der Waals surface area contributed by atoms with E-state index in [1.165, 1.54) is 0 Å². The average Bonchev–Trinajstić information content (AvgIpc) is 2.46. The summed E-state index contributed by atoms with van der Waals surface area (Å²) in [5, 5.41) is 2.28. The molecule has 0 heterocycles. The zero-order valence-electron chi connectivity index (χ0n) is 11.0. The van der Waals surface area contributed by atoms with Gasteiger partial charge in [-0.05, 0) is 23.3 Å². The Balaban J connectivity index is 2.06. The molecular formula is C15H13ClN2O3. The molecule has 2 aromatic rings. The van der Waals surface area contributed by atoms with Crippen LogP contribution in [-0.4, -0.2) is 18.5 Å². The number of ether oxygens (including phenoxy) is 1. The van der Waals surface area contributed by atoms with Crippen molar-refractivity contribution in [2.45, 2.75) is 0 Å². The molecule has 0 radical (unpaired) electrons. The van der Waals surface area contributed by atoms with Crippen LogP contribution in [0.5, 0.6) is 5.75 Å². The van der Waals surface area contributed by atoms with Gasteiger partial charge in [-0.3, -0.25) is 10.1 Å². The Morgan fingerprint density at radius 2 is 1.81 bits per heavy atom. The number of nitrogens with one attached hydrogen (secondary N) is 1. The molecule has 0 aromatic heterocycles. The summed E-state index contributed by atoms with van der Waals surface area (Å²) in [6, 6.07) is 14.1. The zero-order chi connectivity index (χ0) is 15.2. The summed E-state index contributed by atoms with van der Waals surface area (Å²) in [4.78, 5) is 21.7. The van der Waals surface area contributed by atoms with Gasteiger partial charge in [-0.25, -0.2) is 4.79 Å². The van der Waals surface area contributed by atoms with E-state index < -0.39 is 11.9 Å². The fraction of sp³-hybridized carbons (Fsp3) is 0.0667. The summed E-state index contributed by atoms with van der Waals surface area (Å²) in [6.07, 6.45) is 0. The molecular weight excluding hydrogens is 292 g/mol. The summed E-state index contributed by atoms with van der Waals surface area (Å²) < 4.78 is 5.24. The van der Waals surface area contributed by atoms with Crippen molar-refractivity contribution >= 4 is 23.5 Å². The second-order valence-electron chi connectivity index (χ2n) is 4.21. The number of benzene rings is 2. The Bertz CT molecular complexity index is 659. The van der Waals surface area contributed by atoms with Gasteiger partial charge in [-0.15, -0.1) is 0 Å². The van der Waals surface area contributed by atoms with E-state index >= 15 is 0 Å². The van der Waals surface area contributed by atoms with E-state index in [1.54, 1.807) is 12.1 Å². The number of carbonyl (C=O) groups is 2. The lowest BCUT2D eigenvalue weighted by Crippen LogP contribution is -2.38. The molecule has 0 saturated carbocycles. The smallest absolute Gasteiger partial charge is 0.318 e. The van der Waals surface area contributed by atoms with Gasteiger partial charge in [-0.2, -0.15) is 0 Å². The monoisotopic (exact) mass is 304 g/mol. The molecule has 108 valence electrons. The molecule has 0 spiro atoms. The van der Waals surface area contributed by atoms with Gasteiger partial charge in [0.1, 0.15) is 5.75 Å². The van der Waals surface area contributed by atoms with Gasteiger partial charge in [0.25, 0.3) is 5.91 Å². The largest absolute Gasteiger partial charge is 0.482 e. The Hall–Kier alpha value is -2.53. The molecule has 0 bridgehead atoms. The van der Waals surface area contributed by atoms with Gasteiger partial charge in [0.05, 0.1) is 5.02 Å². The number of nitrogens with two attached hydrogens (primary N) is 1. The lowest BCUT2D eigenvalue weighted by atomic mass is 10.1. The highest BCUT2D eigenvalue weighted by atomic mass is 35.5. The molecule has 3 N–H and O–H groups in total. The molecule has 0 aliphatic rings. The van der Waals surface area contributed by atoms with Crippen LogP contribution >= 0.6 is 11.6 Å². The third-order valence-corrected chi connectivity index (χ3v) is 2.96. The Morgan fingerprint density at radius 1 is 1.10 bits per heavy atom. The van der Waals surface area contributed by atoms with Crippen LogP contribution in [0.3, 0.4) is 0 Å². The van der Waals surface area contributed by atoms with Gasteiger partial charge >= 0.3 is 6.03 Å². The first-order valence-electron chi connectivity index (χ1n) is 6.13. The lowest BCUT2D eigenvalue weighted by Gasteiger charge is -2.09. The van der Waals surface area contributed by atoms with Crippen LogP contribution in [0.15, 0.2) is 48.5 Å². The molecule has 6 heteroatoms. The number of rotatable bonds is 4. The maximum atomic E-state index is 11.2. The molecule has 21 heavy (non-hydrogen) atoms. The van der Waals surface area contributed by atoms with Crippen LogP contribution in [0.1, 0.15) is 0 Å². The summed E-state index contributed by atoms with van der Waals surface area (Å²) in [5.41, 5.74) is 6.79. The topological polar surface area (TPSA) is 81.4 Å². The maximum absolute atomic E-state index is 11.2. The van der Waals surface area contributed by atoms with Crippen LogP contribution in [-0.2, 0) is 4.79 Å². The van der Waals surface area contributed by atoms with Gasteiger partial charge in [0.15, 0.2) is 6.61 Å². The third kappa shape index (κ3) is 4.22. The molecule has 5 nitrogen and oxygen atoms in total. The summed E-state index contributed by atoms with van der Waals surface area (Å²) in [6.45, 7) is -0.340. The van der Waals surface area contributed by atoms with Crippen LogP contribution in [0.4, 0.5) is 4.79 Å². The van der Waals surface area contributed by atoms with E-state index in [2.05, 4.69) is 0 Å². The van der Waals surface area contributed by atoms with Crippen molar-refractivity contribution < 1.29 is 14.3 Å². The number of urea groups is 1. The normalized spacial score (nSPS) is 9.95. The van der Waals surface area contributed by atoms with Gasteiger partial charge in [0.2, 0.25) is 0 Å². The number of imide groups is 1. The molecule has 0 aliphatic carbocycles. The summed E-state index contributed by atoms with van der Waals surface area (Å²) in [7, 11) is 0. The van der Waals surface area contributed by atoms with E-state index in [9.17, 15) is 9.59 Å². The standard InChI is InChI=1S/C15H13ClN2O3/c16-12-8-11(10-4-2-1-3-5-10)6-7-13(12)21-9-14(19)18-15(17)20/h1-8H,9H2,(H3,17,18,19,20). The third-order valence-electron chi connectivity index (χ3n) is 2.66. The summed E-state index contributed by atoms with van der Waals surface area (Å²) >= 11 is 6.12. The SMILES string of the molecule is NC(=O)NC(=O)COc1ccc(-c2ccccc2)cc1Cl. The number of hydrogen-bond donors (Lipinski definition) is 2. The Kier molecular flexibility index (Phi) is 4.79. The first kappa shape index (κ1) is 14.9. The van der Waals surface area contributed by atoms with E-state index in [1.807, 2.05) is 41.7 Å². The highest BCUT2D eigenvalue weighted by Crippen LogP contribution is 2.30. The minimum Gasteiger partial charge on any atom is -0.482 e. The van der Waals surface area contributed by atoms with E-state index in [-0.39, 0.29) is 6.61 Å². The molecule has 0 saturated heterocycles. The number of hydrogen-bond acceptors (Lipinski definition) is 3. The zero-order valence-corrected chi connectivity index (χ0v) is 11.8. The molecule has 2 aromatic carbocycles. The van der Waals surface area contributed by atoms with Crippen molar-refractivity contribution in [3.05, 3.63) is 53.6 Å². The molecule has 0 atom stereocenters. The van der Waals surface area contributed by atoms with E-state index in [0.29, 0.717) is 10.8 Å². The quantitative estimate of drug-likeness (QED) is 0.911. The van der Waals surface area contributed by atoms with E-state index in [4.69, 9.17) is 22.1 Å². The van der Waals surface area contributed by atoms with Crippen LogP contribution < -0.4 is 15.8 Å². The molecule has 0 unspecified atom stereocenters. The molecule has 3 amide bonds. The Labute approximate surface area is 126 Å².